The van der Waals surface area contributed by atoms with Crippen LogP contribution in [-0.2, 0) is 15.1 Å². The smallest absolute Gasteiger partial charge is 0.306 e. The maximum absolute atomic E-state index is 12.5. The number of carboxylic acid groups (broad SMARTS) is 1. The lowest BCUT2D eigenvalue weighted by Gasteiger charge is -2.32. The van der Waals surface area contributed by atoms with Crippen molar-refractivity contribution in [3.05, 3.63) is 35.9 Å². The Morgan fingerprint density at radius 3 is 2.38 bits per heavy atom. The van der Waals surface area contributed by atoms with E-state index in [0.29, 0.717) is 12.8 Å². The van der Waals surface area contributed by atoms with Gasteiger partial charge in [0.05, 0.1) is 11.5 Å². The Kier molecular flexibility index (Phi) is 4.66. The van der Waals surface area contributed by atoms with Crippen molar-refractivity contribution in [1.82, 2.24) is 5.32 Å². The summed E-state index contributed by atoms with van der Waals surface area (Å²) in [4.78, 5) is 23.5. The third-order valence-electron chi connectivity index (χ3n) is 4.33. The quantitative estimate of drug-likeness (QED) is 0.895. The molecular formula is C17H23NO3. The zero-order valence-electron chi connectivity index (χ0n) is 12.6. The van der Waals surface area contributed by atoms with E-state index in [1.807, 2.05) is 44.2 Å². The molecular weight excluding hydrogens is 266 g/mol. The van der Waals surface area contributed by atoms with Gasteiger partial charge in [0.25, 0.3) is 0 Å². The summed E-state index contributed by atoms with van der Waals surface area (Å²) in [6.45, 7) is 3.94. The van der Waals surface area contributed by atoms with Gasteiger partial charge in [0.2, 0.25) is 5.91 Å². The standard InChI is InChI=1S/C17H23NO3/c1-17(2,14-9-4-3-5-10-14)18-15(19)12-7-6-8-13(11-12)16(20)21/h3-5,9-10,12-13H,6-8,11H2,1-2H3,(H,18,19)(H,20,21). The van der Waals surface area contributed by atoms with Gasteiger partial charge in [-0.05, 0) is 38.7 Å². The van der Waals surface area contributed by atoms with Crippen LogP contribution in [0.2, 0.25) is 0 Å². The summed E-state index contributed by atoms with van der Waals surface area (Å²) in [5.41, 5.74) is 0.595. The number of benzene rings is 1. The molecule has 0 spiro atoms. The predicted octanol–water partition coefficient (Wildman–Crippen LogP) is 2.93. The molecule has 1 aliphatic rings. The lowest BCUT2D eigenvalue weighted by atomic mass is 9.80. The second-order valence-corrected chi connectivity index (χ2v) is 6.38. The summed E-state index contributed by atoms with van der Waals surface area (Å²) < 4.78 is 0. The average Bonchev–Trinajstić information content (AvgIpc) is 2.48. The van der Waals surface area contributed by atoms with Crippen molar-refractivity contribution in [1.29, 1.82) is 0 Å². The van der Waals surface area contributed by atoms with Crippen LogP contribution in [0.5, 0.6) is 0 Å². The monoisotopic (exact) mass is 289 g/mol. The van der Waals surface area contributed by atoms with Gasteiger partial charge >= 0.3 is 5.97 Å². The normalized spacial score (nSPS) is 22.6. The van der Waals surface area contributed by atoms with Gasteiger partial charge in [-0.1, -0.05) is 36.8 Å². The Balaban J connectivity index is 2.02. The van der Waals surface area contributed by atoms with Crippen molar-refractivity contribution in [2.24, 2.45) is 11.8 Å². The van der Waals surface area contributed by atoms with Crippen LogP contribution in [-0.4, -0.2) is 17.0 Å². The number of hydrogen-bond donors (Lipinski definition) is 2. The molecule has 2 unspecified atom stereocenters. The molecule has 0 aromatic heterocycles. The van der Waals surface area contributed by atoms with Crippen LogP contribution in [0.25, 0.3) is 0 Å². The van der Waals surface area contributed by atoms with Crippen molar-refractivity contribution in [3.63, 3.8) is 0 Å². The number of aliphatic carboxylic acids is 1. The first-order chi connectivity index (χ1) is 9.90. The molecule has 1 aromatic carbocycles. The number of carbonyl (C=O) groups is 2. The summed E-state index contributed by atoms with van der Waals surface area (Å²) in [7, 11) is 0. The summed E-state index contributed by atoms with van der Waals surface area (Å²) in [6, 6.07) is 9.82. The molecule has 1 amide bonds. The summed E-state index contributed by atoms with van der Waals surface area (Å²) in [6.07, 6.45) is 2.72. The Labute approximate surface area is 125 Å². The van der Waals surface area contributed by atoms with Crippen LogP contribution in [0.15, 0.2) is 30.3 Å². The molecule has 2 rings (SSSR count). The van der Waals surface area contributed by atoms with E-state index < -0.39 is 11.5 Å². The first-order valence-electron chi connectivity index (χ1n) is 7.50. The van der Waals surface area contributed by atoms with Gasteiger partial charge < -0.3 is 10.4 Å². The first kappa shape index (κ1) is 15.5. The van der Waals surface area contributed by atoms with Crippen LogP contribution in [0.4, 0.5) is 0 Å². The van der Waals surface area contributed by atoms with E-state index in [1.54, 1.807) is 0 Å². The molecule has 114 valence electrons. The topological polar surface area (TPSA) is 66.4 Å². The number of nitrogens with one attached hydrogen (secondary N) is 1. The van der Waals surface area contributed by atoms with E-state index in [2.05, 4.69) is 5.32 Å². The van der Waals surface area contributed by atoms with Crippen LogP contribution in [0.1, 0.15) is 45.1 Å². The van der Waals surface area contributed by atoms with Gasteiger partial charge in [0.15, 0.2) is 0 Å². The molecule has 4 nitrogen and oxygen atoms in total. The average molecular weight is 289 g/mol. The van der Waals surface area contributed by atoms with E-state index >= 15 is 0 Å². The highest BCUT2D eigenvalue weighted by molar-refractivity contribution is 5.81. The number of rotatable bonds is 4. The minimum absolute atomic E-state index is 0.0326. The molecule has 1 aliphatic carbocycles. The van der Waals surface area contributed by atoms with Crippen LogP contribution >= 0.6 is 0 Å². The highest BCUT2D eigenvalue weighted by Crippen LogP contribution is 2.30. The van der Waals surface area contributed by atoms with Crippen LogP contribution in [0, 0.1) is 11.8 Å². The maximum Gasteiger partial charge on any atom is 0.306 e. The molecule has 0 saturated heterocycles. The van der Waals surface area contributed by atoms with Gasteiger partial charge in [-0.25, -0.2) is 0 Å². The second-order valence-electron chi connectivity index (χ2n) is 6.38. The fraction of sp³-hybridized carbons (Fsp3) is 0.529. The second kappa shape index (κ2) is 6.29. The zero-order chi connectivity index (χ0) is 15.5. The molecule has 1 saturated carbocycles. The molecule has 0 aliphatic heterocycles. The molecule has 1 aromatic rings. The highest BCUT2D eigenvalue weighted by atomic mass is 16.4. The van der Waals surface area contributed by atoms with E-state index in [-0.39, 0.29) is 17.7 Å². The van der Waals surface area contributed by atoms with Crippen molar-refractivity contribution in [2.75, 3.05) is 0 Å². The van der Waals surface area contributed by atoms with Crippen molar-refractivity contribution in [2.45, 2.75) is 45.1 Å². The van der Waals surface area contributed by atoms with E-state index in [9.17, 15) is 9.59 Å². The van der Waals surface area contributed by atoms with Gasteiger partial charge in [0, 0.05) is 5.92 Å². The SMILES string of the molecule is CC(C)(NC(=O)C1CCCC(C(=O)O)C1)c1ccccc1. The number of hydrogen-bond acceptors (Lipinski definition) is 2. The van der Waals surface area contributed by atoms with Crippen molar-refractivity contribution in [3.8, 4) is 0 Å². The molecule has 0 radical (unpaired) electrons. The number of carboxylic acids is 1. The molecule has 1 fully saturated rings. The third-order valence-corrected chi connectivity index (χ3v) is 4.33. The van der Waals surface area contributed by atoms with Gasteiger partial charge in [0.1, 0.15) is 0 Å². The molecule has 0 heterocycles. The molecule has 2 N–H and O–H groups in total. The van der Waals surface area contributed by atoms with Gasteiger partial charge in [-0.2, -0.15) is 0 Å². The lowest BCUT2D eigenvalue weighted by molar-refractivity contribution is -0.144. The van der Waals surface area contributed by atoms with Gasteiger partial charge in [-0.15, -0.1) is 0 Å². The maximum atomic E-state index is 12.5. The Hall–Kier alpha value is -1.84. The van der Waals surface area contributed by atoms with E-state index in [4.69, 9.17) is 5.11 Å². The number of amides is 1. The molecule has 2 atom stereocenters. The van der Waals surface area contributed by atoms with Gasteiger partial charge in [-0.3, -0.25) is 9.59 Å². The van der Waals surface area contributed by atoms with E-state index in [1.165, 1.54) is 0 Å². The first-order valence-corrected chi connectivity index (χ1v) is 7.50. The number of carbonyl (C=O) groups excluding carboxylic acids is 1. The molecule has 4 heteroatoms. The van der Waals surface area contributed by atoms with Crippen molar-refractivity contribution >= 4 is 11.9 Å². The molecule has 0 bridgehead atoms. The summed E-state index contributed by atoms with van der Waals surface area (Å²) in [5, 5.41) is 12.2. The highest BCUT2D eigenvalue weighted by Gasteiger charge is 2.33. The van der Waals surface area contributed by atoms with E-state index in [0.717, 1.165) is 18.4 Å². The minimum Gasteiger partial charge on any atom is -0.481 e. The van der Waals surface area contributed by atoms with Crippen LogP contribution < -0.4 is 5.32 Å². The Morgan fingerprint density at radius 1 is 1.14 bits per heavy atom. The molecule has 21 heavy (non-hydrogen) atoms. The van der Waals surface area contributed by atoms with Crippen molar-refractivity contribution < 1.29 is 14.7 Å². The zero-order valence-corrected chi connectivity index (χ0v) is 12.6. The van der Waals surface area contributed by atoms with Crippen LogP contribution in [0.3, 0.4) is 0 Å². The summed E-state index contributed by atoms with van der Waals surface area (Å²) >= 11 is 0. The Morgan fingerprint density at radius 2 is 1.76 bits per heavy atom. The summed E-state index contributed by atoms with van der Waals surface area (Å²) in [5.74, 6) is -1.39. The Bertz CT molecular complexity index is 510. The minimum atomic E-state index is -0.783. The predicted molar refractivity (Wildman–Crippen MR) is 80.7 cm³/mol. The third kappa shape index (κ3) is 3.84. The fourth-order valence-corrected chi connectivity index (χ4v) is 2.99. The fourth-order valence-electron chi connectivity index (χ4n) is 2.99. The lowest BCUT2D eigenvalue weighted by Crippen LogP contribution is -2.45. The largest absolute Gasteiger partial charge is 0.481 e.